The van der Waals surface area contributed by atoms with Crippen LogP contribution in [0.2, 0.25) is 0 Å². The van der Waals surface area contributed by atoms with Gasteiger partial charge in [0.1, 0.15) is 5.75 Å². The lowest BCUT2D eigenvalue weighted by Crippen LogP contribution is -2.08. The Morgan fingerprint density at radius 2 is 1.41 bits per heavy atom. The Morgan fingerprint density at radius 3 is 1.94 bits per heavy atom. The molecule has 0 saturated heterocycles. The molecular formula is C25H25FO7S. The number of hydrogen-bond acceptors (Lipinski definition) is 7. The van der Waals surface area contributed by atoms with Crippen LogP contribution < -0.4 is 18.9 Å². The van der Waals surface area contributed by atoms with Crippen LogP contribution in [0.15, 0.2) is 53.4 Å². The van der Waals surface area contributed by atoms with Gasteiger partial charge in [-0.25, -0.2) is 12.8 Å². The third-order valence-corrected chi connectivity index (χ3v) is 6.78. The minimum atomic E-state index is -3.86. The van der Waals surface area contributed by atoms with E-state index >= 15 is 0 Å². The summed E-state index contributed by atoms with van der Waals surface area (Å²) in [6.45, 7) is 0. The molecule has 3 aromatic carbocycles. The van der Waals surface area contributed by atoms with Gasteiger partial charge in [-0.2, -0.15) is 0 Å². The molecule has 0 atom stereocenters. The molecule has 0 heterocycles. The number of methoxy groups -OCH3 is 4. The van der Waals surface area contributed by atoms with E-state index in [1.54, 1.807) is 24.3 Å². The Balaban J connectivity index is 2.07. The van der Waals surface area contributed by atoms with Crippen LogP contribution in [0.25, 0.3) is 12.2 Å². The van der Waals surface area contributed by atoms with E-state index in [-0.39, 0.29) is 22.0 Å². The molecule has 3 aromatic rings. The normalized spacial score (nSPS) is 11.4. The lowest BCUT2D eigenvalue weighted by Gasteiger charge is -2.14. The van der Waals surface area contributed by atoms with Gasteiger partial charge in [-0.15, -0.1) is 0 Å². The van der Waals surface area contributed by atoms with Gasteiger partial charge in [-0.3, -0.25) is 0 Å². The Hall–Kier alpha value is -3.72. The molecule has 0 spiro atoms. The van der Waals surface area contributed by atoms with Gasteiger partial charge in [-0.1, -0.05) is 18.2 Å². The smallest absolute Gasteiger partial charge is 0.203 e. The van der Waals surface area contributed by atoms with Gasteiger partial charge >= 0.3 is 0 Å². The van der Waals surface area contributed by atoms with Crippen molar-refractivity contribution in [3.63, 3.8) is 0 Å². The molecule has 9 heteroatoms. The van der Waals surface area contributed by atoms with Gasteiger partial charge in [0.15, 0.2) is 32.9 Å². The second-order valence-electron chi connectivity index (χ2n) is 7.19. The molecule has 0 aromatic heterocycles. The Kier molecular flexibility index (Phi) is 7.68. The average molecular weight is 489 g/mol. The summed E-state index contributed by atoms with van der Waals surface area (Å²) in [6.07, 6.45) is 3.37. The second kappa shape index (κ2) is 10.5. The van der Waals surface area contributed by atoms with Gasteiger partial charge in [-0.05, 0) is 53.6 Å². The minimum Gasteiger partial charge on any atom is -0.508 e. The highest BCUT2D eigenvalue weighted by molar-refractivity contribution is 7.90. The van der Waals surface area contributed by atoms with Crippen molar-refractivity contribution in [3.05, 3.63) is 71.0 Å². The summed E-state index contributed by atoms with van der Waals surface area (Å²) in [5, 5.41) is 9.46. The number of ether oxygens (including phenoxy) is 4. The molecule has 0 aliphatic heterocycles. The van der Waals surface area contributed by atoms with E-state index in [1.807, 2.05) is 0 Å². The fourth-order valence-corrected chi connectivity index (χ4v) is 4.85. The predicted molar refractivity (Wildman–Crippen MR) is 127 cm³/mol. The number of aromatic hydroxyl groups is 1. The van der Waals surface area contributed by atoms with Crippen molar-refractivity contribution in [1.82, 2.24) is 0 Å². The first-order valence-electron chi connectivity index (χ1n) is 10.1. The number of phenols is 1. The zero-order valence-electron chi connectivity index (χ0n) is 19.2. The van der Waals surface area contributed by atoms with E-state index in [9.17, 15) is 17.9 Å². The molecule has 0 aliphatic carbocycles. The molecule has 0 fully saturated rings. The summed E-state index contributed by atoms with van der Waals surface area (Å²) in [7, 11) is 1.92. The summed E-state index contributed by atoms with van der Waals surface area (Å²) in [6, 6.07) is 11.3. The topological polar surface area (TPSA) is 91.3 Å². The fourth-order valence-electron chi connectivity index (χ4n) is 3.45. The van der Waals surface area contributed by atoms with E-state index in [0.29, 0.717) is 28.4 Å². The molecule has 180 valence electrons. The zero-order valence-corrected chi connectivity index (χ0v) is 20.0. The number of rotatable bonds is 9. The molecule has 34 heavy (non-hydrogen) atoms. The third kappa shape index (κ3) is 5.26. The number of benzene rings is 3. The first kappa shape index (κ1) is 24.9. The maximum Gasteiger partial charge on any atom is 0.203 e. The Bertz CT molecular complexity index is 1270. The molecular weight excluding hydrogens is 463 g/mol. The highest BCUT2D eigenvalue weighted by Crippen LogP contribution is 2.39. The van der Waals surface area contributed by atoms with Crippen molar-refractivity contribution in [3.8, 4) is 28.7 Å². The summed E-state index contributed by atoms with van der Waals surface area (Å²) >= 11 is 0. The van der Waals surface area contributed by atoms with Gasteiger partial charge in [0, 0.05) is 5.56 Å². The summed E-state index contributed by atoms with van der Waals surface area (Å²) in [4.78, 5) is -0.00355. The fraction of sp³-hybridized carbons (Fsp3) is 0.200. The number of halogens is 1. The van der Waals surface area contributed by atoms with Gasteiger partial charge in [0.05, 0.1) is 39.1 Å². The molecule has 1 N–H and O–H groups in total. The Labute approximate surface area is 197 Å². The van der Waals surface area contributed by atoms with Crippen molar-refractivity contribution in [2.45, 2.75) is 10.6 Å². The minimum absolute atomic E-state index is 0.00355. The van der Waals surface area contributed by atoms with Gasteiger partial charge in [0.25, 0.3) is 0 Å². The van der Waals surface area contributed by atoms with Crippen LogP contribution in [-0.2, 0) is 15.6 Å². The Morgan fingerprint density at radius 1 is 0.824 bits per heavy atom. The van der Waals surface area contributed by atoms with Crippen molar-refractivity contribution >= 4 is 22.0 Å². The van der Waals surface area contributed by atoms with Crippen LogP contribution in [0.4, 0.5) is 4.39 Å². The largest absolute Gasteiger partial charge is 0.508 e. The lowest BCUT2D eigenvalue weighted by molar-refractivity contribution is 0.324. The van der Waals surface area contributed by atoms with Crippen LogP contribution in [0, 0.1) is 5.82 Å². The quantitative estimate of drug-likeness (QED) is 0.436. The van der Waals surface area contributed by atoms with Crippen molar-refractivity contribution in [2.75, 3.05) is 28.4 Å². The van der Waals surface area contributed by atoms with Crippen LogP contribution in [-0.4, -0.2) is 42.0 Å². The highest BCUT2D eigenvalue weighted by atomic mass is 32.2. The van der Waals surface area contributed by atoms with Crippen LogP contribution in [0.3, 0.4) is 0 Å². The SMILES string of the molecule is COc1cc(/C=C\c2ccc(F)c(OC)c2CS(=O)(=O)c2ccc(O)cc2)cc(OC)c1OC. The van der Waals surface area contributed by atoms with Crippen LogP contribution >= 0.6 is 0 Å². The zero-order chi connectivity index (χ0) is 24.9. The molecule has 0 unspecified atom stereocenters. The monoisotopic (exact) mass is 488 g/mol. The van der Waals surface area contributed by atoms with Gasteiger partial charge < -0.3 is 24.1 Å². The molecule has 0 amide bonds. The third-order valence-electron chi connectivity index (χ3n) is 5.13. The molecule has 0 aliphatic rings. The highest BCUT2D eigenvalue weighted by Gasteiger charge is 2.22. The number of phenolic OH excluding ortho intramolecular Hbond substituents is 1. The number of hydrogen-bond donors (Lipinski definition) is 1. The van der Waals surface area contributed by atoms with E-state index in [1.165, 1.54) is 64.8 Å². The van der Waals surface area contributed by atoms with Crippen molar-refractivity contribution in [2.24, 2.45) is 0 Å². The molecule has 0 bridgehead atoms. The molecule has 3 rings (SSSR count). The maximum absolute atomic E-state index is 14.5. The maximum atomic E-state index is 14.5. The van der Waals surface area contributed by atoms with E-state index in [4.69, 9.17) is 18.9 Å². The first-order chi connectivity index (χ1) is 16.2. The molecule has 0 saturated carbocycles. The van der Waals surface area contributed by atoms with Crippen LogP contribution in [0.5, 0.6) is 28.7 Å². The predicted octanol–water partition coefficient (Wildman–Crippen LogP) is 4.71. The van der Waals surface area contributed by atoms with E-state index in [0.717, 1.165) is 0 Å². The second-order valence-corrected chi connectivity index (χ2v) is 9.18. The number of sulfone groups is 1. The first-order valence-corrected chi connectivity index (χ1v) is 11.7. The summed E-state index contributed by atoms with van der Waals surface area (Å²) < 4.78 is 61.8. The molecule has 0 radical (unpaired) electrons. The summed E-state index contributed by atoms with van der Waals surface area (Å²) in [5.74, 6) is -0.0601. The lowest BCUT2D eigenvalue weighted by atomic mass is 10.0. The summed E-state index contributed by atoms with van der Waals surface area (Å²) in [5.41, 5.74) is 1.30. The van der Waals surface area contributed by atoms with Crippen LogP contribution in [0.1, 0.15) is 16.7 Å². The standard InChI is InChI=1S/C25H25FO7S/c1-30-22-13-16(14-23(31-2)25(22)33-4)5-6-17-7-12-21(26)24(32-3)20(17)15-34(28,29)19-10-8-18(27)9-11-19/h5-14,27H,15H2,1-4H3/b6-5-. The van der Waals surface area contributed by atoms with Crippen molar-refractivity contribution in [1.29, 1.82) is 0 Å². The van der Waals surface area contributed by atoms with E-state index in [2.05, 4.69) is 0 Å². The van der Waals surface area contributed by atoms with Gasteiger partial charge in [0.2, 0.25) is 5.75 Å². The molecule has 7 nitrogen and oxygen atoms in total. The van der Waals surface area contributed by atoms with E-state index < -0.39 is 21.4 Å². The average Bonchev–Trinajstić information content (AvgIpc) is 2.83. The van der Waals surface area contributed by atoms with Crippen molar-refractivity contribution < 1.29 is 36.9 Å².